The minimum atomic E-state index is -1.40. The van der Waals surface area contributed by atoms with Crippen molar-refractivity contribution in [2.24, 2.45) is 0 Å². The van der Waals surface area contributed by atoms with Gasteiger partial charge in [0.1, 0.15) is 23.0 Å². The molecule has 2 heterocycles. The van der Waals surface area contributed by atoms with E-state index in [1.54, 1.807) is 24.3 Å². The number of benzene rings is 3. The Morgan fingerprint density at radius 2 is 1.21 bits per heavy atom. The molecule has 0 atom stereocenters. The molecule has 0 aromatic heterocycles. The second kappa shape index (κ2) is 13.5. The maximum Gasteiger partial charge on any atom is 0.342 e. The highest BCUT2D eigenvalue weighted by molar-refractivity contribution is 6.09. The van der Waals surface area contributed by atoms with Crippen molar-refractivity contribution in [2.45, 2.75) is 102 Å². The van der Waals surface area contributed by atoms with Crippen LogP contribution in [0.15, 0.2) is 48.5 Å². The summed E-state index contributed by atoms with van der Waals surface area (Å²) in [6.45, 7) is 2.25. The van der Waals surface area contributed by atoms with Crippen LogP contribution in [0.5, 0.6) is 23.0 Å². The van der Waals surface area contributed by atoms with E-state index in [-0.39, 0.29) is 28.5 Å². The van der Waals surface area contributed by atoms with E-state index in [0.29, 0.717) is 40.2 Å². The van der Waals surface area contributed by atoms with Crippen molar-refractivity contribution in [1.29, 1.82) is 0 Å². The molecule has 4 N–H and O–H groups in total. The number of nitrogen functional groups attached to an aromatic ring is 1. The summed E-state index contributed by atoms with van der Waals surface area (Å²) in [6.07, 6.45) is 16.4. The third-order valence-corrected chi connectivity index (χ3v) is 8.79. The van der Waals surface area contributed by atoms with Gasteiger partial charge >= 0.3 is 5.97 Å². The number of carbonyl (C=O) groups excluding carboxylic acids is 2. The molecule has 0 fully saturated rings. The van der Waals surface area contributed by atoms with Gasteiger partial charge in [0.2, 0.25) is 0 Å². The molecule has 228 valence electrons. The van der Waals surface area contributed by atoms with Gasteiger partial charge in [-0.15, -0.1) is 0 Å². The third-order valence-electron chi connectivity index (χ3n) is 8.79. The molecule has 0 saturated carbocycles. The molecule has 3 aromatic carbocycles. The van der Waals surface area contributed by atoms with Crippen molar-refractivity contribution in [3.05, 3.63) is 76.3 Å². The molecule has 2 aliphatic heterocycles. The first-order chi connectivity index (χ1) is 20.9. The van der Waals surface area contributed by atoms with Gasteiger partial charge in [0.15, 0.2) is 11.4 Å². The zero-order valence-electron chi connectivity index (χ0n) is 25.1. The Morgan fingerprint density at radius 1 is 0.721 bits per heavy atom. The molecular formula is C36H43NO6. The number of aromatic hydroxyl groups is 2. The molecule has 1 spiro atoms. The van der Waals surface area contributed by atoms with E-state index in [9.17, 15) is 19.8 Å². The van der Waals surface area contributed by atoms with E-state index in [0.717, 1.165) is 19.3 Å². The number of ether oxygens (including phenoxy) is 2. The highest BCUT2D eigenvalue weighted by Gasteiger charge is 2.54. The number of nitrogens with two attached hydrogens (primary N) is 1. The number of hydrogen-bond acceptors (Lipinski definition) is 7. The lowest BCUT2D eigenvalue weighted by Crippen LogP contribution is -2.33. The molecule has 0 radical (unpaired) electrons. The van der Waals surface area contributed by atoms with Gasteiger partial charge in [-0.2, -0.15) is 0 Å². The first-order valence-electron chi connectivity index (χ1n) is 15.9. The summed E-state index contributed by atoms with van der Waals surface area (Å²) < 4.78 is 12.1. The van der Waals surface area contributed by atoms with Crippen LogP contribution in [0.25, 0.3) is 0 Å². The van der Waals surface area contributed by atoms with Crippen molar-refractivity contribution >= 4 is 17.4 Å². The highest BCUT2D eigenvalue weighted by atomic mass is 16.6. The number of phenolic OH excluding ortho intramolecular Hbond substituents is 2. The van der Waals surface area contributed by atoms with Crippen molar-refractivity contribution in [2.75, 3.05) is 5.73 Å². The van der Waals surface area contributed by atoms with E-state index in [4.69, 9.17) is 15.2 Å². The van der Waals surface area contributed by atoms with Crippen LogP contribution in [-0.4, -0.2) is 22.0 Å². The Bertz CT molecular complexity index is 1430. The summed E-state index contributed by atoms with van der Waals surface area (Å²) in [6, 6.07) is 12.6. The molecule has 7 nitrogen and oxygen atoms in total. The van der Waals surface area contributed by atoms with Gasteiger partial charge in [-0.1, -0.05) is 90.0 Å². The van der Waals surface area contributed by atoms with Crippen LogP contribution in [-0.2, 0) is 10.3 Å². The van der Waals surface area contributed by atoms with Gasteiger partial charge in [-0.3, -0.25) is 4.79 Å². The quantitative estimate of drug-likeness (QED) is 0.0705. The number of Topliss-reactive ketones (excluding diaryl/α,β-unsaturated/α-hetero) is 1. The monoisotopic (exact) mass is 585 g/mol. The van der Waals surface area contributed by atoms with Crippen molar-refractivity contribution in [1.82, 2.24) is 0 Å². The first kappa shape index (κ1) is 30.5. The third kappa shape index (κ3) is 6.22. The molecule has 0 amide bonds. The van der Waals surface area contributed by atoms with Gasteiger partial charge in [-0.25, -0.2) is 4.79 Å². The number of ketones is 1. The number of fused-ring (bicyclic) bond motifs is 6. The fourth-order valence-electron chi connectivity index (χ4n) is 6.50. The maximum absolute atomic E-state index is 13.4. The summed E-state index contributed by atoms with van der Waals surface area (Å²) >= 11 is 0. The molecule has 43 heavy (non-hydrogen) atoms. The first-order valence-corrected chi connectivity index (χ1v) is 15.9. The molecule has 0 aliphatic carbocycles. The van der Waals surface area contributed by atoms with Crippen molar-refractivity contribution in [3.63, 3.8) is 0 Å². The Kier molecular flexibility index (Phi) is 9.59. The lowest BCUT2D eigenvalue weighted by atomic mass is 9.77. The second-order valence-electron chi connectivity index (χ2n) is 11.9. The average Bonchev–Trinajstić information content (AvgIpc) is 3.28. The predicted octanol–water partition coefficient (Wildman–Crippen LogP) is 8.91. The summed E-state index contributed by atoms with van der Waals surface area (Å²) in [4.78, 5) is 26.6. The second-order valence-corrected chi connectivity index (χ2v) is 11.9. The number of phenols is 2. The molecular weight excluding hydrogens is 542 g/mol. The molecule has 2 aliphatic rings. The van der Waals surface area contributed by atoms with Gasteiger partial charge in [0.05, 0.1) is 11.3 Å². The van der Waals surface area contributed by atoms with E-state index >= 15 is 0 Å². The number of rotatable bonds is 15. The zero-order chi connectivity index (χ0) is 30.4. The van der Waals surface area contributed by atoms with Crippen LogP contribution in [0.2, 0.25) is 0 Å². The smallest absolute Gasteiger partial charge is 0.342 e. The lowest BCUT2D eigenvalue weighted by molar-refractivity contribution is 0.0224. The maximum atomic E-state index is 13.4. The number of esters is 1. The van der Waals surface area contributed by atoms with Gasteiger partial charge in [0.25, 0.3) is 0 Å². The predicted molar refractivity (Wildman–Crippen MR) is 167 cm³/mol. The van der Waals surface area contributed by atoms with Gasteiger partial charge in [-0.05, 0) is 36.8 Å². The van der Waals surface area contributed by atoms with Crippen LogP contribution in [0.4, 0.5) is 5.69 Å². The van der Waals surface area contributed by atoms with Crippen LogP contribution >= 0.6 is 0 Å². The number of hydrogen-bond donors (Lipinski definition) is 3. The van der Waals surface area contributed by atoms with Crippen LogP contribution in [0.1, 0.15) is 134 Å². The van der Waals surface area contributed by atoms with E-state index in [2.05, 4.69) is 6.92 Å². The summed E-state index contributed by atoms with van der Waals surface area (Å²) in [7, 11) is 0. The van der Waals surface area contributed by atoms with Gasteiger partial charge in [0, 0.05) is 40.8 Å². The van der Waals surface area contributed by atoms with Gasteiger partial charge < -0.3 is 25.4 Å². The minimum Gasteiger partial charge on any atom is -0.508 e. The summed E-state index contributed by atoms with van der Waals surface area (Å²) in [5, 5.41) is 20.2. The Balaban J connectivity index is 1.23. The zero-order valence-corrected chi connectivity index (χ0v) is 25.1. The van der Waals surface area contributed by atoms with E-state index in [1.807, 2.05) is 0 Å². The number of carbonyl (C=O) groups is 2. The molecule has 0 saturated heterocycles. The Hall–Kier alpha value is -4.00. The fraction of sp³-hybridized carbons (Fsp3) is 0.444. The fourth-order valence-corrected chi connectivity index (χ4v) is 6.50. The van der Waals surface area contributed by atoms with E-state index in [1.165, 1.54) is 88.5 Å². The Labute approximate surface area is 254 Å². The summed E-state index contributed by atoms with van der Waals surface area (Å²) in [5.74, 6) is -0.172. The number of unbranched alkanes of at least 4 members (excludes halogenated alkanes) is 12. The normalized spacial score (nSPS) is 14.1. The largest absolute Gasteiger partial charge is 0.508 e. The topological polar surface area (TPSA) is 119 Å². The SMILES string of the molecule is CCCCCCCCCCCCCCCC(=O)c1ccc2c(c1N)C(=O)OC21c2ccc(O)cc2Oc2cc(O)ccc21. The van der Waals surface area contributed by atoms with E-state index < -0.39 is 11.6 Å². The molecule has 0 bridgehead atoms. The highest BCUT2D eigenvalue weighted by Crippen LogP contribution is 2.57. The standard InChI is InChI=1S/C36H43NO6/c1-2-3-4-5-6-7-8-9-10-11-12-13-14-15-30(40)26-18-21-29-33(34(26)37)35(41)43-36(29)27-19-16-24(38)22-31(27)42-32-23-25(39)17-20-28(32)36/h16-23,38-39H,2-15,37H2,1H3. The molecule has 3 aromatic rings. The van der Waals surface area contributed by atoms with Crippen LogP contribution in [0, 0.1) is 0 Å². The van der Waals surface area contributed by atoms with Crippen LogP contribution in [0.3, 0.4) is 0 Å². The molecule has 5 rings (SSSR count). The summed E-state index contributed by atoms with van der Waals surface area (Å²) in [5.41, 5.74) is 7.25. The van der Waals surface area contributed by atoms with Crippen LogP contribution < -0.4 is 10.5 Å². The molecule has 7 heteroatoms. The van der Waals surface area contributed by atoms with Crippen molar-refractivity contribution in [3.8, 4) is 23.0 Å². The minimum absolute atomic E-state index is 0.0179. The number of anilines is 1. The Morgan fingerprint density at radius 3 is 1.74 bits per heavy atom. The average molecular weight is 586 g/mol. The molecule has 0 unspecified atom stereocenters. The van der Waals surface area contributed by atoms with Crippen molar-refractivity contribution < 1.29 is 29.3 Å². The lowest BCUT2D eigenvalue weighted by Gasteiger charge is -2.36.